The number of hydrogen-bond acceptors (Lipinski definition) is 6. The number of aliphatic hydroxyl groups excluding tert-OH is 1. The molecule has 2 aromatic heterocycles. The third-order valence-electron chi connectivity index (χ3n) is 2.83. The van der Waals surface area contributed by atoms with Crippen LogP contribution >= 0.6 is 11.3 Å². The highest BCUT2D eigenvalue weighted by Crippen LogP contribution is 2.14. The lowest BCUT2D eigenvalue weighted by atomic mass is 10.3. The first-order chi connectivity index (χ1) is 9.04. The summed E-state index contributed by atoms with van der Waals surface area (Å²) in [5.74, 6) is 0. The SMILES string of the molecule is Cc1ncsc1CN(C)CC(O)Cn1cc(N)cn1. The molecule has 0 aliphatic heterocycles. The fourth-order valence-electron chi connectivity index (χ4n) is 1.90. The van der Waals surface area contributed by atoms with Gasteiger partial charge in [0, 0.05) is 24.2 Å². The lowest BCUT2D eigenvalue weighted by molar-refractivity contribution is 0.104. The van der Waals surface area contributed by atoms with Crippen molar-refractivity contribution in [3.8, 4) is 0 Å². The molecule has 7 heteroatoms. The average Bonchev–Trinajstić information content (AvgIpc) is 2.89. The number of thiazole rings is 1. The maximum atomic E-state index is 10.0. The zero-order valence-electron chi connectivity index (χ0n) is 11.2. The summed E-state index contributed by atoms with van der Waals surface area (Å²) in [5, 5.41) is 14.1. The van der Waals surface area contributed by atoms with Gasteiger partial charge in [0.05, 0.1) is 35.7 Å². The molecular weight excluding hydrogens is 262 g/mol. The first-order valence-corrected chi connectivity index (χ1v) is 6.96. The van der Waals surface area contributed by atoms with Gasteiger partial charge in [0.2, 0.25) is 0 Å². The van der Waals surface area contributed by atoms with Crippen LogP contribution in [0.4, 0.5) is 5.69 Å². The number of nitrogens with zero attached hydrogens (tertiary/aromatic N) is 4. The maximum absolute atomic E-state index is 10.0. The Kier molecular flexibility index (Phi) is 4.52. The molecule has 2 heterocycles. The molecule has 0 spiro atoms. The second kappa shape index (κ2) is 6.14. The molecule has 0 saturated carbocycles. The van der Waals surface area contributed by atoms with Gasteiger partial charge < -0.3 is 10.8 Å². The van der Waals surface area contributed by atoms with Gasteiger partial charge in [-0.1, -0.05) is 0 Å². The third-order valence-corrected chi connectivity index (χ3v) is 3.75. The highest BCUT2D eigenvalue weighted by Gasteiger charge is 2.12. The molecule has 3 N–H and O–H groups in total. The highest BCUT2D eigenvalue weighted by molar-refractivity contribution is 7.09. The molecule has 0 radical (unpaired) electrons. The van der Waals surface area contributed by atoms with E-state index in [4.69, 9.17) is 5.73 Å². The minimum atomic E-state index is -0.475. The summed E-state index contributed by atoms with van der Waals surface area (Å²) in [6.07, 6.45) is 2.82. The molecule has 6 nitrogen and oxygen atoms in total. The summed E-state index contributed by atoms with van der Waals surface area (Å²) in [5.41, 5.74) is 9.10. The summed E-state index contributed by atoms with van der Waals surface area (Å²) >= 11 is 1.64. The number of aryl methyl sites for hydroxylation is 1. The first kappa shape index (κ1) is 14.0. The van der Waals surface area contributed by atoms with Crippen LogP contribution in [-0.4, -0.2) is 44.5 Å². The molecular formula is C12H19N5OS. The van der Waals surface area contributed by atoms with Crippen LogP contribution in [-0.2, 0) is 13.1 Å². The van der Waals surface area contributed by atoms with Crippen molar-refractivity contribution in [3.05, 3.63) is 28.5 Å². The van der Waals surface area contributed by atoms with E-state index in [1.54, 1.807) is 28.4 Å². The molecule has 0 aromatic carbocycles. The molecule has 2 aromatic rings. The molecule has 1 atom stereocenters. The summed E-state index contributed by atoms with van der Waals surface area (Å²) < 4.78 is 1.66. The second-order valence-corrected chi connectivity index (χ2v) is 5.65. The Labute approximate surface area is 116 Å². The van der Waals surface area contributed by atoms with Crippen LogP contribution in [0.2, 0.25) is 0 Å². The van der Waals surface area contributed by atoms with Crippen molar-refractivity contribution in [3.63, 3.8) is 0 Å². The molecule has 0 fully saturated rings. The second-order valence-electron chi connectivity index (χ2n) is 4.71. The third kappa shape index (κ3) is 4.02. The predicted molar refractivity (Wildman–Crippen MR) is 75.8 cm³/mol. The minimum absolute atomic E-state index is 0.448. The van der Waals surface area contributed by atoms with Gasteiger partial charge in [-0.05, 0) is 14.0 Å². The highest BCUT2D eigenvalue weighted by atomic mass is 32.1. The van der Waals surface area contributed by atoms with Crippen molar-refractivity contribution in [2.24, 2.45) is 0 Å². The Morgan fingerprint density at radius 1 is 1.58 bits per heavy atom. The van der Waals surface area contributed by atoms with Gasteiger partial charge in [-0.25, -0.2) is 4.98 Å². The van der Waals surface area contributed by atoms with E-state index in [9.17, 15) is 5.11 Å². The molecule has 1 unspecified atom stereocenters. The van der Waals surface area contributed by atoms with E-state index >= 15 is 0 Å². The monoisotopic (exact) mass is 281 g/mol. The number of nitrogens with two attached hydrogens (primary N) is 1. The zero-order chi connectivity index (χ0) is 13.8. The van der Waals surface area contributed by atoms with E-state index in [0.29, 0.717) is 18.8 Å². The quantitative estimate of drug-likeness (QED) is 0.815. The Morgan fingerprint density at radius 2 is 2.37 bits per heavy atom. The zero-order valence-corrected chi connectivity index (χ0v) is 12.0. The standard InChI is InChI=1S/C12H19N5OS/c1-9-12(19-8-14-9)7-16(2)5-11(18)6-17-4-10(13)3-15-17/h3-4,8,11,18H,5-7,13H2,1-2H3. The molecule has 0 aliphatic carbocycles. The maximum Gasteiger partial charge on any atom is 0.0862 e. The lowest BCUT2D eigenvalue weighted by Gasteiger charge is -2.20. The molecule has 0 bridgehead atoms. The Morgan fingerprint density at radius 3 is 2.95 bits per heavy atom. The van der Waals surface area contributed by atoms with E-state index in [1.165, 1.54) is 4.88 Å². The fraction of sp³-hybridized carbons (Fsp3) is 0.500. The van der Waals surface area contributed by atoms with Crippen LogP contribution in [0.25, 0.3) is 0 Å². The van der Waals surface area contributed by atoms with Crippen molar-refractivity contribution in [1.29, 1.82) is 0 Å². The van der Waals surface area contributed by atoms with Gasteiger partial charge in [0.25, 0.3) is 0 Å². The Hall–Kier alpha value is -1.44. The van der Waals surface area contributed by atoms with E-state index in [2.05, 4.69) is 15.0 Å². The van der Waals surface area contributed by atoms with E-state index in [-0.39, 0.29) is 0 Å². The fourth-order valence-corrected chi connectivity index (χ4v) is 2.76. The minimum Gasteiger partial charge on any atom is -0.396 e. The van der Waals surface area contributed by atoms with Gasteiger partial charge in [0.15, 0.2) is 0 Å². The summed E-state index contributed by atoms with van der Waals surface area (Å²) in [4.78, 5) is 7.54. The number of aromatic nitrogens is 3. The number of likely N-dealkylation sites (N-methyl/N-ethyl adjacent to an activating group) is 1. The van der Waals surface area contributed by atoms with Gasteiger partial charge >= 0.3 is 0 Å². The Balaban J connectivity index is 1.81. The van der Waals surface area contributed by atoms with Crippen molar-refractivity contribution in [2.45, 2.75) is 26.1 Å². The number of aliphatic hydroxyl groups is 1. The normalized spacial score (nSPS) is 13.1. The van der Waals surface area contributed by atoms with Crippen LogP contribution in [0.3, 0.4) is 0 Å². The topological polar surface area (TPSA) is 80.2 Å². The van der Waals surface area contributed by atoms with Crippen LogP contribution in [0.15, 0.2) is 17.9 Å². The average molecular weight is 281 g/mol. The number of hydrogen-bond donors (Lipinski definition) is 2. The number of rotatable bonds is 6. The molecule has 0 amide bonds. The van der Waals surface area contributed by atoms with Crippen LogP contribution < -0.4 is 5.73 Å². The van der Waals surface area contributed by atoms with E-state index in [1.807, 2.05) is 19.5 Å². The van der Waals surface area contributed by atoms with Gasteiger partial charge in [0.1, 0.15) is 0 Å². The van der Waals surface area contributed by atoms with E-state index in [0.717, 1.165) is 12.2 Å². The van der Waals surface area contributed by atoms with Crippen LogP contribution in [0, 0.1) is 6.92 Å². The van der Waals surface area contributed by atoms with Gasteiger partial charge in [-0.15, -0.1) is 11.3 Å². The van der Waals surface area contributed by atoms with Gasteiger partial charge in [-0.2, -0.15) is 5.10 Å². The Bertz CT molecular complexity index is 524. The summed E-state index contributed by atoms with van der Waals surface area (Å²) in [7, 11) is 1.99. The molecule has 104 valence electrons. The molecule has 19 heavy (non-hydrogen) atoms. The lowest BCUT2D eigenvalue weighted by Crippen LogP contribution is -2.31. The van der Waals surface area contributed by atoms with E-state index < -0.39 is 6.10 Å². The van der Waals surface area contributed by atoms with Crippen molar-refractivity contribution < 1.29 is 5.11 Å². The van der Waals surface area contributed by atoms with Crippen molar-refractivity contribution >= 4 is 17.0 Å². The summed E-state index contributed by atoms with van der Waals surface area (Å²) in [6.45, 7) is 3.83. The van der Waals surface area contributed by atoms with Crippen molar-refractivity contribution in [1.82, 2.24) is 19.7 Å². The van der Waals surface area contributed by atoms with Crippen LogP contribution in [0.5, 0.6) is 0 Å². The smallest absolute Gasteiger partial charge is 0.0862 e. The number of anilines is 1. The largest absolute Gasteiger partial charge is 0.396 e. The molecule has 2 rings (SSSR count). The number of nitrogen functional groups attached to an aromatic ring is 1. The summed E-state index contributed by atoms with van der Waals surface area (Å²) in [6, 6.07) is 0. The van der Waals surface area contributed by atoms with Crippen LogP contribution in [0.1, 0.15) is 10.6 Å². The predicted octanol–water partition coefficient (Wildman–Crippen LogP) is 0.723. The van der Waals surface area contributed by atoms with Gasteiger partial charge in [-0.3, -0.25) is 9.58 Å². The molecule has 0 saturated heterocycles. The molecule has 0 aliphatic rings. The van der Waals surface area contributed by atoms with Crippen molar-refractivity contribution in [2.75, 3.05) is 19.3 Å². The first-order valence-electron chi connectivity index (χ1n) is 6.08.